The number of anilines is 2. The molecule has 4 N–H and O–H groups in total. The number of pyridine rings is 1. The smallest absolute Gasteiger partial charge is 0.413 e. The predicted octanol–water partition coefficient (Wildman–Crippen LogP) is 3.21. The molecule has 23 heavy (non-hydrogen) atoms. The van der Waals surface area contributed by atoms with Crippen LogP contribution >= 0.6 is 27.5 Å². The van der Waals surface area contributed by atoms with Crippen LogP contribution in [0, 0.1) is 17.5 Å². The van der Waals surface area contributed by atoms with Gasteiger partial charge in [-0.25, -0.2) is 9.52 Å². The van der Waals surface area contributed by atoms with E-state index in [0.29, 0.717) is 15.4 Å². The molecule has 0 saturated heterocycles. The minimum Gasteiger partial charge on any atom is -0.711 e. The van der Waals surface area contributed by atoms with Gasteiger partial charge in [-0.15, -0.1) is 0 Å². The summed E-state index contributed by atoms with van der Waals surface area (Å²) in [7, 11) is 0. The predicted molar refractivity (Wildman–Crippen MR) is 92.8 cm³/mol. The number of rotatable bonds is 2. The highest BCUT2D eigenvalue weighted by Crippen LogP contribution is 2.29. The first-order valence-electron chi connectivity index (χ1n) is 6.44. The Morgan fingerprint density at radius 1 is 1.35 bits per heavy atom. The number of benzene rings is 1. The highest BCUT2D eigenvalue weighted by molar-refractivity contribution is 9.10. The third-order valence-corrected chi connectivity index (χ3v) is 3.56. The zero-order valence-corrected chi connectivity index (χ0v) is 14.3. The van der Waals surface area contributed by atoms with Gasteiger partial charge in [0.15, 0.2) is 0 Å². The van der Waals surface area contributed by atoms with E-state index in [2.05, 4.69) is 31.9 Å². The average molecular weight is 399 g/mol. The maximum Gasteiger partial charge on any atom is 0.413 e. The number of guanidine groups is 1. The maximum absolute atomic E-state index is 11.8. The molecule has 1 aromatic heterocycles. The molecule has 7 nitrogen and oxygen atoms in total. The van der Waals surface area contributed by atoms with Crippen molar-refractivity contribution in [1.82, 2.24) is 5.32 Å². The van der Waals surface area contributed by atoms with Crippen LogP contribution in [0.3, 0.4) is 0 Å². The Hall–Kier alpha value is -2.32. The summed E-state index contributed by atoms with van der Waals surface area (Å²) in [5, 5.41) is 27.0. The molecule has 2 rings (SSSR count). The van der Waals surface area contributed by atoms with Gasteiger partial charge in [0.25, 0.3) is 5.82 Å². The molecule has 2 aromatic rings. The van der Waals surface area contributed by atoms with Crippen molar-refractivity contribution in [3.8, 4) is 0 Å². The molecule has 0 aliphatic heterocycles. The summed E-state index contributed by atoms with van der Waals surface area (Å²) in [5.41, 5.74) is 1.32. The van der Waals surface area contributed by atoms with Crippen LogP contribution in [0.2, 0.25) is 5.02 Å². The van der Waals surface area contributed by atoms with Gasteiger partial charge in [0.1, 0.15) is 0 Å². The summed E-state index contributed by atoms with van der Waals surface area (Å²) in [6.45, 7) is 1.82. The fourth-order valence-electron chi connectivity index (χ4n) is 1.80. The normalized spacial score (nSPS) is 10.0. The summed E-state index contributed by atoms with van der Waals surface area (Å²) >= 11 is 9.42. The van der Waals surface area contributed by atoms with Gasteiger partial charge in [-0.05, 0) is 30.7 Å². The number of aryl methyl sites for hydroxylation is 1. The number of halogens is 2. The van der Waals surface area contributed by atoms with Crippen LogP contribution < -0.4 is 20.7 Å². The summed E-state index contributed by atoms with van der Waals surface area (Å²) < 4.78 is 1.32. The number of aromatic nitrogens is 1. The van der Waals surface area contributed by atoms with Crippen LogP contribution in [0.5, 0.6) is 0 Å². The minimum absolute atomic E-state index is 0.0515. The van der Waals surface area contributed by atoms with Gasteiger partial charge in [0.05, 0.1) is 16.9 Å². The highest BCUT2D eigenvalue weighted by Gasteiger charge is 2.14. The topological polar surface area (TPSA) is 104 Å². The van der Waals surface area contributed by atoms with E-state index in [-0.39, 0.29) is 11.8 Å². The molecule has 0 aliphatic carbocycles. The molecule has 9 heteroatoms. The first-order valence-corrected chi connectivity index (χ1v) is 7.61. The largest absolute Gasteiger partial charge is 0.711 e. The molecule has 120 valence electrons. The number of hydrogen-bond donors (Lipinski definition) is 4. The van der Waals surface area contributed by atoms with E-state index < -0.39 is 6.03 Å². The van der Waals surface area contributed by atoms with Crippen molar-refractivity contribution in [2.75, 3.05) is 10.6 Å². The van der Waals surface area contributed by atoms with E-state index in [1.54, 1.807) is 12.1 Å². The second-order valence-corrected chi connectivity index (χ2v) is 5.89. The summed E-state index contributed by atoms with van der Waals surface area (Å²) in [6.07, 6.45) is 1.25. The molecule has 1 heterocycles. The monoisotopic (exact) mass is 397 g/mol. The van der Waals surface area contributed by atoms with Crippen LogP contribution in [0.25, 0.3) is 0 Å². The summed E-state index contributed by atoms with van der Waals surface area (Å²) in [4.78, 5) is 11.8. The highest BCUT2D eigenvalue weighted by atomic mass is 79.9. The van der Waals surface area contributed by atoms with Crippen LogP contribution in [-0.4, -0.2) is 12.0 Å². The van der Waals surface area contributed by atoms with Gasteiger partial charge < -0.3 is 10.5 Å². The van der Waals surface area contributed by atoms with Crippen molar-refractivity contribution >= 4 is 51.0 Å². The minimum atomic E-state index is -0.718. The fraction of sp³-hybridized carbons (Fsp3) is 0.0714. The third kappa shape index (κ3) is 4.57. The van der Waals surface area contributed by atoms with Crippen LogP contribution in [0.1, 0.15) is 5.56 Å². The molecule has 2 amide bonds. The number of amides is 2. The van der Waals surface area contributed by atoms with Gasteiger partial charge in [-0.1, -0.05) is 33.6 Å². The molecule has 0 fully saturated rings. The van der Waals surface area contributed by atoms with Gasteiger partial charge in [-0.3, -0.25) is 10.7 Å². The lowest BCUT2D eigenvalue weighted by Crippen LogP contribution is -2.41. The lowest BCUT2D eigenvalue weighted by molar-refractivity contribution is -0.590. The number of urea groups is 1. The molecule has 0 atom stereocenters. The Morgan fingerprint density at radius 3 is 2.74 bits per heavy atom. The molecular formula is C14H13BrClN5O2. The Labute approximate surface area is 145 Å². The van der Waals surface area contributed by atoms with Crippen LogP contribution in [0.4, 0.5) is 16.3 Å². The van der Waals surface area contributed by atoms with Crippen LogP contribution in [-0.2, 0) is 0 Å². The molecule has 0 unspecified atom stereocenters. The van der Waals surface area contributed by atoms with E-state index in [1.807, 2.05) is 13.0 Å². The number of carbonyl (C=O) groups excluding carboxylic acids is 1. The number of carbonyl (C=O) groups is 1. The SMILES string of the molecule is Cc1cc(Br)cc(Cl)c1NC(=N)NC(=O)Nc1cccc[n+]1[O-]. The second-order valence-electron chi connectivity index (χ2n) is 4.57. The summed E-state index contributed by atoms with van der Waals surface area (Å²) in [6, 6.07) is 7.38. The Balaban J connectivity index is 2.00. The quantitative estimate of drug-likeness (QED) is 0.270. The van der Waals surface area contributed by atoms with Crippen molar-refractivity contribution in [3.05, 3.63) is 56.8 Å². The third-order valence-electron chi connectivity index (χ3n) is 2.81. The van der Waals surface area contributed by atoms with E-state index in [4.69, 9.17) is 17.0 Å². The van der Waals surface area contributed by atoms with Gasteiger partial charge in [0.2, 0.25) is 5.96 Å². The second kappa shape index (κ2) is 7.30. The van der Waals surface area contributed by atoms with E-state index in [1.165, 1.54) is 18.3 Å². The van der Waals surface area contributed by atoms with E-state index in [9.17, 15) is 10.0 Å². The lowest BCUT2D eigenvalue weighted by Gasteiger charge is -2.13. The van der Waals surface area contributed by atoms with Crippen molar-refractivity contribution in [1.29, 1.82) is 5.41 Å². The standard InChI is InChI=1S/C14H13BrClN5O2/c1-8-6-9(15)7-10(16)12(8)19-13(17)20-14(22)18-11-4-2-3-5-21(11)23/h2-7H,1H3,(H4,17,18,19,20,22). The lowest BCUT2D eigenvalue weighted by atomic mass is 10.2. The van der Waals surface area contributed by atoms with Crippen molar-refractivity contribution < 1.29 is 9.52 Å². The van der Waals surface area contributed by atoms with Crippen molar-refractivity contribution in [2.24, 2.45) is 0 Å². The molecule has 0 radical (unpaired) electrons. The zero-order valence-electron chi connectivity index (χ0n) is 12.0. The van der Waals surface area contributed by atoms with Crippen molar-refractivity contribution in [2.45, 2.75) is 6.92 Å². The molecule has 0 spiro atoms. The Bertz CT molecular complexity index is 746. The fourth-order valence-corrected chi connectivity index (χ4v) is 2.82. The summed E-state index contributed by atoms with van der Waals surface area (Å²) in [5.74, 6) is -0.223. The number of hydrogen-bond acceptors (Lipinski definition) is 3. The molecular weight excluding hydrogens is 386 g/mol. The number of nitrogens with one attached hydrogen (secondary N) is 4. The Morgan fingerprint density at radius 2 is 2.09 bits per heavy atom. The zero-order chi connectivity index (χ0) is 17.0. The Kier molecular flexibility index (Phi) is 5.41. The first kappa shape index (κ1) is 17.0. The molecule has 0 aliphatic rings. The molecule has 1 aromatic carbocycles. The molecule has 0 bridgehead atoms. The van der Waals surface area contributed by atoms with E-state index >= 15 is 0 Å². The van der Waals surface area contributed by atoms with E-state index in [0.717, 1.165) is 10.0 Å². The maximum atomic E-state index is 11.8. The first-order chi connectivity index (χ1) is 10.9. The van der Waals surface area contributed by atoms with Crippen LogP contribution in [0.15, 0.2) is 41.0 Å². The average Bonchev–Trinajstić information content (AvgIpc) is 2.45. The van der Waals surface area contributed by atoms with Gasteiger partial charge in [0, 0.05) is 10.5 Å². The molecule has 0 saturated carbocycles. The van der Waals surface area contributed by atoms with Gasteiger partial charge in [-0.2, -0.15) is 5.32 Å². The number of nitrogens with zero attached hydrogens (tertiary/aromatic N) is 1. The van der Waals surface area contributed by atoms with Crippen molar-refractivity contribution in [3.63, 3.8) is 0 Å². The van der Waals surface area contributed by atoms with Gasteiger partial charge >= 0.3 is 6.03 Å².